The number of aromatic nitrogens is 3. The second-order valence-corrected chi connectivity index (χ2v) is 7.62. The molecule has 0 aliphatic heterocycles. The zero-order valence-electron chi connectivity index (χ0n) is 13.8. The maximum Gasteiger partial charge on any atom is 0.269 e. The number of nitrogens with two attached hydrogens (primary N) is 2. The quantitative estimate of drug-likeness (QED) is 0.476. The van der Waals surface area contributed by atoms with Crippen LogP contribution in [0.3, 0.4) is 0 Å². The van der Waals surface area contributed by atoms with Crippen molar-refractivity contribution in [3.8, 4) is 17.4 Å². The van der Waals surface area contributed by atoms with Crippen molar-refractivity contribution in [2.75, 3.05) is 16.8 Å². The van der Waals surface area contributed by atoms with Gasteiger partial charge in [0.25, 0.3) is 5.91 Å². The Bertz CT molecular complexity index is 1220. The van der Waals surface area contributed by atoms with Gasteiger partial charge in [0.15, 0.2) is 0 Å². The van der Waals surface area contributed by atoms with Crippen LogP contribution in [0.2, 0.25) is 0 Å². The fraction of sp³-hybridized carbons (Fsp3) is 0.0625. The smallest absolute Gasteiger partial charge is 0.269 e. The number of nitrogens with one attached hydrogen (secondary N) is 1. The van der Waals surface area contributed by atoms with E-state index in [0.29, 0.717) is 26.7 Å². The Labute approximate surface area is 160 Å². The summed E-state index contributed by atoms with van der Waals surface area (Å²) in [6.45, 7) is 1.78. The first kappa shape index (κ1) is 17.0. The van der Waals surface area contributed by atoms with Crippen molar-refractivity contribution in [2.24, 2.45) is 0 Å². The van der Waals surface area contributed by atoms with Crippen molar-refractivity contribution in [3.05, 3.63) is 33.8 Å². The van der Waals surface area contributed by atoms with E-state index in [9.17, 15) is 10.1 Å². The van der Waals surface area contributed by atoms with E-state index in [0.717, 1.165) is 16.3 Å². The predicted octanol–water partition coefficient (Wildman–Crippen LogP) is 3.00. The molecule has 0 atom stereocenters. The third-order valence-corrected chi connectivity index (χ3v) is 5.59. The molecule has 0 aliphatic carbocycles. The number of furan rings is 1. The average Bonchev–Trinajstić information content (AvgIpc) is 3.35. The van der Waals surface area contributed by atoms with E-state index in [2.05, 4.69) is 20.5 Å². The molecule has 0 aromatic carbocycles. The third kappa shape index (κ3) is 2.77. The number of anilines is 3. The number of carbonyl (C=O) groups is 1. The number of nitriles is 1. The Morgan fingerprint density at radius 2 is 2.15 bits per heavy atom. The lowest BCUT2D eigenvalue weighted by Crippen LogP contribution is -2.11. The normalized spacial score (nSPS) is 10.8. The van der Waals surface area contributed by atoms with Crippen LogP contribution in [-0.2, 0) is 0 Å². The van der Waals surface area contributed by atoms with Crippen LogP contribution in [0.5, 0.6) is 0 Å². The van der Waals surface area contributed by atoms with Crippen LogP contribution in [-0.4, -0.2) is 21.1 Å². The molecule has 11 heteroatoms. The number of amides is 1. The molecule has 134 valence electrons. The summed E-state index contributed by atoms with van der Waals surface area (Å²) in [6.07, 6.45) is 1.48. The van der Waals surface area contributed by atoms with Gasteiger partial charge < -0.3 is 15.9 Å². The standard InChI is InChI=1S/C16H11N7O2S2/c1-6-22-23-16(26-6)21-14(24)12-11(18)10-9(8-3-2-4-25-8)7(5-17)13(19)20-15(10)27-12/h2-4H,18H2,1H3,(H2,19,20)(H,21,23,24). The lowest BCUT2D eigenvalue weighted by Gasteiger charge is -2.06. The van der Waals surface area contributed by atoms with Gasteiger partial charge in [-0.2, -0.15) is 5.26 Å². The highest BCUT2D eigenvalue weighted by Gasteiger charge is 2.25. The molecule has 27 heavy (non-hydrogen) atoms. The zero-order valence-corrected chi connectivity index (χ0v) is 15.4. The monoisotopic (exact) mass is 397 g/mol. The number of hydrogen-bond acceptors (Lipinski definition) is 10. The van der Waals surface area contributed by atoms with Crippen LogP contribution in [0.25, 0.3) is 21.5 Å². The fourth-order valence-corrected chi connectivity index (χ4v) is 4.21. The molecule has 0 aliphatic rings. The molecule has 0 unspecified atom stereocenters. The van der Waals surface area contributed by atoms with Crippen LogP contribution in [0.15, 0.2) is 22.8 Å². The van der Waals surface area contributed by atoms with Crippen LogP contribution in [0.4, 0.5) is 16.6 Å². The highest BCUT2D eigenvalue weighted by molar-refractivity contribution is 7.21. The summed E-state index contributed by atoms with van der Waals surface area (Å²) in [5.74, 6) is 0.0281. The number of carbonyl (C=O) groups excluding carboxylic acids is 1. The van der Waals surface area contributed by atoms with Crippen LogP contribution < -0.4 is 16.8 Å². The van der Waals surface area contributed by atoms with Gasteiger partial charge >= 0.3 is 0 Å². The van der Waals surface area contributed by atoms with Gasteiger partial charge in [-0.05, 0) is 19.1 Å². The number of hydrogen-bond donors (Lipinski definition) is 3. The van der Waals surface area contributed by atoms with Crippen molar-refractivity contribution >= 4 is 55.4 Å². The predicted molar refractivity (Wildman–Crippen MR) is 103 cm³/mol. The molecule has 1 amide bonds. The molecule has 5 N–H and O–H groups in total. The first-order chi connectivity index (χ1) is 13.0. The molecular weight excluding hydrogens is 386 g/mol. The van der Waals surface area contributed by atoms with Gasteiger partial charge in [0.1, 0.15) is 37.9 Å². The Morgan fingerprint density at radius 1 is 1.33 bits per heavy atom. The van der Waals surface area contributed by atoms with E-state index in [1.54, 1.807) is 19.1 Å². The maximum atomic E-state index is 12.7. The maximum absolute atomic E-state index is 12.7. The minimum Gasteiger partial charge on any atom is -0.464 e. The molecule has 4 aromatic rings. The van der Waals surface area contributed by atoms with Crippen molar-refractivity contribution in [2.45, 2.75) is 6.92 Å². The third-order valence-electron chi connectivity index (χ3n) is 3.74. The summed E-state index contributed by atoms with van der Waals surface area (Å²) < 4.78 is 5.45. The van der Waals surface area contributed by atoms with Crippen molar-refractivity contribution in [1.82, 2.24) is 15.2 Å². The van der Waals surface area contributed by atoms with E-state index in [1.807, 2.05) is 6.07 Å². The summed E-state index contributed by atoms with van der Waals surface area (Å²) >= 11 is 2.33. The van der Waals surface area contributed by atoms with Gasteiger partial charge in [-0.15, -0.1) is 21.5 Å². The Morgan fingerprint density at radius 3 is 2.78 bits per heavy atom. The van der Waals surface area contributed by atoms with Crippen LogP contribution in [0.1, 0.15) is 20.2 Å². The molecule has 0 saturated heterocycles. The minimum absolute atomic E-state index is 0.0457. The van der Waals surface area contributed by atoms with E-state index in [-0.39, 0.29) is 21.9 Å². The fourth-order valence-electron chi connectivity index (χ4n) is 2.62. The first-order valence-corrected chi connectivity index (χ1v) is 9.19. The van der Waals surface area contributed by atoms with Gasteiger partial charge in [-0.3, -0.25) is 10.1 Å². The van der Waals surface area contributed by atoms with Gasteiger partial charge in [0.05, 0.1) is 17.5 Å². The van der Waals surface area contributed by atoms with E-state index in [4.69, 9.17) is 15.9 Å². The highest BCUT2D eigenvalue weighted by Crippen LogP contribution is 2.42. The molecule has 4 heterocycles. The summed E-state index contributed by atoms with van der Waals surface area (Å²) in [5.41, 5.74) is 13.0. The lowest BCUT2D eigenvalue weighted by atomic mass is 10.0. The number of nitrogens with zero attached hydrogens (tertiary/aromatic N) is 4. The largest absolute Gasteiger partial charge is 0.464 e. The van der Waals surface area contributed by atoms with Crippen molar-refractivity contribution < 1.29 is 9.21 Å². The van der Waals surface area contributed by atoms with E-state index >= 15 is 0 Å². The van der Waals surface area contributed by atoms with E-state index in [1.165, 1.54) is 17.6 Å². The number of pyridine rings is 1. The van der Waals surface area contributed by atoms with Gasteiger partial charge in [-0.1, -0.05) is 11.3 Å². The molecular formula is C16H11N7O2S2. The first-order valence-electron chi connectivity index (χ1n) is 7.56. The summed E-state index contributed by atoms with van der Waals surface area (Å²) in [5, 5.41) is 21.5. The van der Waals surface area contributed by atoms with Gasteiger partial charge in [0, 0.05) is 5.39 Å². The molecule has 0 saturated carbocycles. The van der Waals surface area contributed by atoms with Crippen molar-refractivity contribution in [1.29, 1.82) is 5.26 Å². The molecule has 0 radical (unpaired) electrons. The Kier molecular flexibility index (Phi) is 3.98. The SMILES string of the molecule is Cc1nnc(NC(=O)c2sc3nc(N)c(C#N)c(-c4ccco4)c3c2N)s1. The van der Waals surface area contributed by atoms with E-state index < -0.39 is 5.91 Å². The van der Waals surface area contributed by atoms with Crippen molar-refractivity contribution in [3.63, 3.8) is 0 Å². The summed E-state index contributed by atoms with van der Waals surface area (Å²) in [4.78, 5) is 17.6. The number of aryl methyl sites for hydroxylation is 1. The zero-order chi connectivity index (χ0) is 19.1. The molecule has 4 rings (SSSR count). The van der Waals surface area contributed by atoms with Crippen LogP contribution in [0, 0.1) is 18.3 Å². The number of rotatable bonds is 3. The molecule has 4 aromatic heterocycles. The Hall–Kier alpha value is -3.49. The summed E-state index contributed by atoms with van der Waals surface area (Å²) in [7, 11) is 0. The number of fused-ring (bicyclic) bond motifs is 1. The number of thiophene rings is 1. The molecule has 0 spiro atoms. The second-order valence-electron chi connectivity index (χ2n) is 5.44. The second kappa shape index (κ2) is 6.35. The van der Waals surface area contributed by atoms with Gasteiger partial charge in [-0.25, -0.2) is 4.98 Å². The molecule has 9 nitrogen and oxygen atoms in total. The average molecular weight is 397 g/mol. The number of nitrogen functional groups attached to an aromatic ring is 2. The molecule has 0 bridgehead atoms. The van der Waals surface area contributed by atoms with Crippen LogP contribution >= 0.6 is 22.7 Å². The Balaban J connectivity index is 1.90. The molecule has 0 fully saturated rings. The lowest BCUT2D eigenvalue weighted by molar-refractivity contribution is 0.103. The minimum atomic E-state index is -0.436. The topological polar surface area (TPSA) is 157 Å². The van der Waals surface area contributed by atoms with Gasteiger partial charge in [0.2, 0.25) is 5.13 Å². The summed E-state index contributed by atoms with van der Waals surface area (Å²) in [6, 6.07) is 5.41. The highest BCUT2D eigenvalue weighted by atomic mass is 32.1.